The van der Waals surface area contributed by atoms with E-state index in [-0.39, 0.29) is 11.4 Å². The van der Waals surface area contributed by atoms with Crippen LogP contribution in [0.3, 0.4) is 0 Å². The van der Waals surface area contributed by atoms with E-state index >= 15 is 0 Å². The van der Waals surface area contributed by atoms with Gasteiger partial charge in [-0.05, 0) is 19.1 Å². The van der Waals surface area contributed by atoms with Gasteiger partial charge in [-0.1, -0.05) is 11.6 Å². The van der Waals surface area contributed by atoms with Crippen LogP contribution in [-0.4, -0.2) is 23.2 Å². The van der Waals surface area contributed by atoms with Crippen LogP contribution in [0.25, 0.3) is 10.8 Å². The fourth-order valence-corrected chi connectivity index (χ4v) is 1.68. The fourth-order valence-electron chi connectivity index (χ4n) is 1.68. The molecule has 5 heteroatoms. The number of methoxy groups -OCH3 is 1. The van der Waals surface area contributed by atoms with Crippen LogP contribution in [0, 0.1) is 6.92 Å². The molecule has 0 aliphatic heterocycles. The molecule has 0 bridgehead atoms. The van der Waals surface area contributed by atoms with Crippen LogP contribution in [0.2, 0.25) is 0 Å². The minimum Gasteiger partial charge on any atom is -0.505 e. The van der Waals surface area contributed by atoms with E-state index in [4.69, 9.17) is 0 Å². The Morgan fingerprint density at radius 2 is 2.06 bits per heavy atom. The molecule has 0 unspecified atom stereocenters. The second-order valence-electron chi connectivity index (χ2n) is 3.72. The number of carbonyl (C=O) groups is 1. The number of H-pyrrole nitrogens is 1. The van der Waals surface area contributed by atoms with E-state index in [1.807, 2.05) is 6.92 Å². The average molecular weight is 233 g/mol. The van der Waals surface area contributed by atoms with E-state index in [0.717, 1.165) is 5.56 Å². The molecule has 2 N–H and O–H groups in total. The Balaban J connectivity index is 2.88. The predicted molar refractivity (Wildman–Crippen MR) is 62.3 cm³/mol. The Hall–Kier alpha value is -2.30. The lowest BCUT2D eigenvalue weighted by Gasteiger charge is -2.06. The van der Waals surface area contributed by atoms with E-state index < -0.39 is 11.5 Å². The summed E-state index contributed by atoms with van der Waals surface area (Å²) in [4.78, 5) is 25.4. The van der Waals surface area contributed by atoms with E-state index in [9.17, 15) is 14.7 Å². The highest BCUT2D eigenvalue weighted by molar-refractivity contribution is 5.98. The molecule has 0 saturated heterocycles. The van der Waals surface area contributed by atoms with Gasteiger partial charge in [0.1, 0.15) is 0 Å². The van der Waals surface area contributed by atoms with Crippen molar-refractivity contribution in [1.29, 1.82) is 0 Å². The second kappa shape index (κ2) is 3.93. The lowest BCUT2D eigenvalue weighted by molar-refractivity contribution is 0.0590. The first-order valence-corrected chi connectivity index (χ1v) is 4.98. The van der Waals surface area contributed by atoms with Crippen molar-refractivity contribution in [2.24, 2.45) is 0 Å². The van der Waals surface area contributed by atoms with Gasteiger partial charge >= 0.3 is 5.97 Å². The summed E-state index contributed by atoms with van der Waals surface area (Å²) in [7, 11) is 1.18. The molecule has 1 aromatic heterocycles. The SMILES string of the molecule is COC(=O)c1[nH]c(=O)c2ccc(C)cc2c1O. The van der Waals surface area contributed by atoms with Crippen LogP contribution in [0.4, 0.5) is 0 Å². The molecule has 88 valence electrons. The summed E-state index contributed by atoms with van der Waals surface area (Å²) in [6.45, 7) is 1.83. The lowest BCUT2D eigenvalue weighted by atomic mass is 10.1. The molecule has 1 aromatic carbocycles. The van der Waals surface area contributed by atoms with Gasteiger partial charge in [-0.15, -0.1) is 0 Å². The molecule has 1 heterocycles. The minimum atomic E-state index is -0.775. The van der Waals surface area contributed by atoms with Crippen molar-refractivity contribution in [2.45, 2.75) is 6.92 Å². The third-order valence-corrected chi connectivity index (χ3v) is 2.54. The quantitative estimate of drug-likeness (QED) is 0.728. The maximum Gasteiger partial charge on any atom is 0.358 e. The van der Waals surface area contributed by atoms with E-state index in [2.05, 4.69) is 9.72 Å². The number of benzene rings is 1. The summed E-state index contributed by atoms with van der Waals surface area (Å²) in [6, 6.07) is 5.01. The van der Waals surface area contributed by atoms with Crippen molar-refractivity contribution in [2.75, 3.05) is 7.11 Å². The third-order valence-electron chi connectivity index (χ3n) is 2.54. The van der Waals surface area contributed by atoms with Crippen LogP contribution >= 0.6 is 0 Å². The molecule has 0 atom stereocenters. The molecular weight excluding hydrogens is 222 g/mol. The van der Waals surface area contributed by atoms with Gasteiger partial charge in [-0.25, -0.2) is 4.79 Å². The molecule has 0 amide bonds. The summed E-state index contributed by atoms with van der Waals surface area (Å²) in [5, 5.41) is 10.6. The topological polar surface area (TPSA) is 79.4 Å². The molecule has 0 saturated carbocycles. The minimum absolute atomic E-state index is 0.226. The number of esters is 1. The first kappa shape index (κ1) is 11.2. The molecule has 17 heavy (non-hydrogen) atoms. The standard InChI is InChI=1S/C12H11NO4/c1-6-3-4-7-8(5-6)10(14)9(12(16)17-2)13-11(7)15/h3-5,14H,1-2H3,(H,13,15). The maximum atomic E-state index is 11.7. The molecular formula is C12H11NO4. The van der Waals surface area contributed by atoms with Gasteiger partial charge < -0.3 is 14.8 Å². The second-order valence-corrected chi connectivity index (χ2v) is 3.72. The van der Waals surface area contributed by atoms with Gasteiger partial charge in [0.15, 0.2) is 11.4 Å². The Labute approximate surface area is 96.7 Å². The fraction of sp³-hybridized carbons (Fsp3) is 0.167. The first-order chi connectivity index (χ1) is 8.04. The van der Waals surface area contributed by atoms with Crippen LogP contribution in [0.5, 0.6) is 5.75 Å². The van der Waals surface area contributed by atoms with Gasteiger partial charge in [0.2, 0.25) is 0 Å². The van der Waals surface area contributed by atoms with Gasteiger partial charge in [-0.3, -0.25) is 4.79 Å². The van der Waals surface area contributed by atoms with Crippen molar-refractivity contribution in [3.63, 3.8) is 0 Å². The van der Waals surface area contributed by atoms with Crippen molar-refractivity contribution < 1.29 is 14.6 Å². The number of carbonyl (C=O) groups excluding carboxylic acids is 1. The molecule has 0 aliphatic carbocycles. The Morgan fingerprint density at radius 1 is 1.35 bits per heavy atom. The number of pyridine rings is 1. The van der Waals surface area contributed by atoms with Crippen molar-refractivity contribution >= 4 is 16.7 Å². The number of aryl methyl sites for hydroxylation is 1. The Kier molecular flexibility index (Phi) is 2.59. The maximum absolute atomic E-state index is 11.7. The van der Waals surface area contributed by atoms with Crippen LogP contribution in [0.1, 0.15) is 16.1 Å². The van der Waals surface area contributed by atoms with E-state index in [0.29, 0.717) is 10.8 Å². The van der Waals surface area contributed by atoms with Gasteiger partial charge in [-0.2, -0.15) is 0 Å². The molecule has 2 rings (SSSR count). The highest BCUT2D eigenvalue weighted by Gasteiger charge is 2.17. The largest absolute Gasteiger partial charge is 0.505 e. The zero-order valence-corrected chi connectivity index (χ0v) is 9.40. The van der Waals surface area contributed by atoms with Crippen molar-refractivity contribution in [3.8, 4) is 5.75 Å². The van der Waals surface area contributed by atoms with Crippen molar-refractivity contribution in [3.05, 3.63) is 39.8 Å². The molecule has 5 nitrogen and oxygen atoms in total. The number of nitrogens with one attached hydrogen (secondary N) is 1. The van der Waals surface area contributed by atoms with Crippen molar-refractivity contribution in [1.82, 2.24) is 4.98 Å². The normalized spacial score (nSPS) is 10.5. The smallest absolute Gasteiger partial charge is 0.358 e. The number of hydrogen-bond donors (Lipinski definition) is 2. The molecule has 0 spiro atoms. The Morgan fingerprint density at radius 3 is 2.71 bits per heavy atom. The average Bonchev–Trinajstić information content (AvgIpc) is 2.32. The first-order valence-electron chi connectivity index (χ1n) is 4.98. The molecule has 0 fully saturated rings. The summed E-state index contributed by atoms with van der Waals surface area (Å²) in [5.41, 5.74) is 0.225. The number of fused-ring (bicyclic) bond motifs is 1. The third kappa shape index (κ3) is 1.75. The van der Waals surface area contributed by atoms with Crippen LogP contribution < -0.4 is 5.56 Å². The molecule has 2 aromatic rings. The van der Waals surface area contributed by atoms with Gasteiger partial charge in [0.25, 0.3) is 5.56 Å². The molecule has 0 aliphatic rings. The predicted octanol–water partition coefficient (Wildman–Crippen LogP) is 1.33. The van der Waals surface area contributed by atoms with E-state index in [1.54, 1.807) is 18.2 Å². The van der Waals surface area contributed by atoms with Gasteiger partial charge in [0.05, 0.1) is 12.5 Å². The molecule has 0 radical (unpaired) electrons. The number of aromatic nitrogens is 1. The monoisotopic (exact) mass is 233 g/mol. The zero-order valence-electron chi connectivity index (χ0n) is 9.40. The zero-order chi connectivity index (χ0) is 12.6. The summed E-state index contributed by atoms with van der Waals surface area (Å²) in [6.07, 6.45) is 0. The van der Waals surface area contributed by atoms with Gasteiger partial charge in [0, 0.05) is 5.39 Å². The highest BCUT2D eigenvalue weighted by Crippen LogP contribution is 2.25. The summed E-state index contributed by atoms with van der Waals surface area (Å²) >= 11 is 0. The Bertz CT molecular complexity index is 657. The van der Waals surface area contributed by atoms with Crippen LogP contribution in [-0.2, 0) is 4.74 Å². The number of aromatic hydroxyl groups is 1. The van der Waals surface area contributed by atoms with E-state index in [1.165, 1.54) is 7.11 Å². The summed E-state index contributed by atoms with van der Waals surface area (Å²) in [5.74, 6) is -1.04. The number of rotatable bonds is 1. The number of hydrogen-bond acceptors (Lipinski definition) is 4. The summed E-state index contributed by atoms with van der Waals surface area (Å²) < 4.78 is 4.48. The highest BCUT2D eigenvalue weighted by atomic mass is 16.5. The van der Waals surface area contributed by atoms with Crippen LogP contribution in [0.15, 0.2) is 23.0 Å². The number of ether oxygens (including phenoxy) is 1. The number of aromatic amines is 1. The lowest BCUT2D eigenvalue weighted by Crippen LogP contribution is -2.14.